The number of hydrogen-bond donors (Lipinski definition) is 3. The minimum absolute atomic E-state index is 0.0861. The Morgan fingerprint density at radius 1 is 1.07 bits per heavy atom. The van der Waals surface area contributed by atoms with E-state index in [1.165, 1.54) is 5.56 Å². The van der Waals surface area contributed by atoms with Crippen LogP contribution in [0.5, 0.6) is 0 Å². The molecule has 2 aromatic carbocycles. The van der Waals surface area contributed by atoms with E-state index in [9.17, 15) is 4.79 Å². The van der Waals surface area contributed by atoms with E-state index >= 15 is 0 Å². The number of nitrogens with two attached hydrogens (primary N) is 1. The number of allylic oxidation sites excluding steroid dienone is 2. The fraction of sp³-hybridized carbons (Fsp3) is 0.227. The van der Waals surface area contributed by atoms with Crippen LogP contribution in [-0.4, -0.2) is 16.1 Å². The van der Waals surface area contributed by atoms with Gasteiger partial charge >= 0.3 is 5.97 Å². The number of nitrogens with one attached hydrogen (secondary N) is 1. The lowest BCUT2D eigenvalue weighted by molar-refractivity contribution is -0.136. The predicted molar refractivity (Wildman–Crippen MR) is 110 cm³/mol. The van der Waals surface area contributed by atoms with Crippen LogP contribution >= 0.6 is 0 Å². The molecule has 5 heteroatoms. The van der Waals surface area contributed by atoms with E-state index < -0.39 is 5.97 Å². The van der Waals surface area contributed by atoms with Crippen molar-refractivity contribution in [3.05, 3.63) is 89.1 Å². The minimum Gasteiger partial charge on any atom is -0.481 e. The molecule has 0 saturated carbocycles. The Balaban J connectivity index is 2.00. The van der Waals surface area contributed by atoms with Crippen LogP contribution in [-0.2, 0) is 17.9 Å². The first-order valence-electron chi connectivity index (χ1n) is 8.83. The molecule has 0 aromatic heterocycles. The summed E-state index contributed by atoms with van der Waals surface area (Å²) in [4.78, 5) is 11.1. The van der Waals surface area contributed by atoms with Crippen LogP contribution in [0.25, 0.3) is 0 Å². The Morgan fingerprint density at radius 3 is 2.26 bits per heavy atom. The molecule has 0 radical (unpaired) electrons. The lowest BCUT2D eigenvalue weighted by Crippen LogP contribution is -2.30. The zero-order valence-electron chi connectivity index (χ0n) is 15.9. The predicted octanol–water partition coefficient (Wildman–Crippen LogP) is 4.30. The lowest BCUT2D eigenvalue weighted by atomic mass is 10.0. The van der Waals surface area contributed by atoms with Gasteiger partial charge in [-0.2, -0.15) is 0 Å². The van der Waals surface area contributed by atoms with Crippen molar-refractivity contribution < 1.29 is 9.90 Å². The van der Waals surface area contributed by atoms with Crippen molar-refractivity contribution in [2.75, 3.05) is 5.32 Å². The number of carboxylic acids is 1. The van der Waals surface area contributed by atoms with Gasteiger partial charge in [0.05, 0.1) is 13.0 Å². The van der Waals surface area contributed by atoms with Crippen molar-refractivity contribution >= 4 is 11.7 Å². The van der Waals surface area contributed by atoms with Crippen LogP contribution in [0.3, 0.4) is 0 Å². The highest BCUT2D eigenvalue weighted by atomic mass is 16.4. The SMILES string of the molecule is C=C(C)/C(CC(=O)O)=C(/C)N(N)Cc1ccc(NCc2ccccc2)cc1. The fourth-order valence-electron chi connectivity index (χ4n) is 2.76. The number of rotatable bonds is 9. The second-order valence-electron chi connectivity index (χ2n) is 6.58. The van der Waals surface area contributed by atoms with E-state index in [0.717, 1.165) is 23.5 Å². The maximum atomic E-state index is 11.1. The molecule has 0 amide bonds. The van der Waals surface area contributed by atoms with Gasteiger partial charge in [0, 0.05) is 17.9 Å². The molecule has 0 heterocycles. The van der Waals surface area contributed by atoms with Crippen molar-refractivity contribution in [2.45, 2.75) is 33.4 Å². The standard InChI is InChI=1S/C22H27N3O2/c1-16(2)21(13-22(26)27)17(3)25(23)15-19-9-11-20(12-10-19)24-14-18-7-5-4-6-8-18/h4-12,24H,1,13-15,23H2,2-3H3,(H,26,27)/b21-17-. The van der Waals surface area contributed by atoms with Gasteiger partial charge < -0.3 is 15.4 Å². The van der Waals surface area contributed by atoms with Crippen molar-refractivity contribution in [3.8, 4) is 0 Å². The average Bonchev–Trinajstić information content (AvgIpc) is 2.65. The zero-order valence-corrected chi connectivity index (χ0v) is 15.9. The molecule has 5 nitrogen and oxygen atoms in total. The van der Waals surface area contributed by atoms with Crippen molar-refractivity contribution in [1.29, 1.82) is 0 Å². The number of hydrogen-bond acceptors (Lipinski definition) is 4. The first kappa shape index (κ1) is 20.3. The maximum Gasteiger partial charge on any atom is 0.307 e. The molecule has 0 saturated heterocycles. The number of benzene rings is 2. The van der Waals surface area contributed by atoms with Gasteiger partial charge in [0.2, 0.25) is 0 Å². The highest BCUT2D eigenvalue weighted by Crippen LogP contribution is 2.20. The molecule has 4 N–H and O–H groups in total. The molecular formula is C22H27N3O2. The van der Waals surface area contributed by atoms with Crippen LogP contribution in [0.4, 0.5) is 5.69 Å². The summed E-state index contributed by atoms with van der Waals surface area (Å²) in [6.45, 7) is 8.73. The molecule has 2 rings (SSSR count). The van der Waals surface area contributed by atoms with Gasteiger partial charge in [0.25, 0.3) is 0 Å². The van der Waals surface area contributed by atoms with Gasteiger partial charge in [-0.05, 0) is 42.7 Å². The quantitative estimate of drug-likeness (QED) is 0.351. The smallest absolute Gasteiger partial charge is 0.307 e. The van der Waals surface area contributed by atoms with E-state index in [1.807, 2.05) is 49.4 Å². The first-order chi connectivity index (χ1) is 12.9. The molecule has 0 spiro atoms. The third-order valence-corrected chi connectivity index (χ3v) is 4.36. The summed E-state index contributed by atoms with van der Waals surface area (Å²) in [7, 11) is 0. The Hall–Kier alpha value is -3.05. The number of aliphatic carboxylic acids is 1. The van der Waals surface area contributed by atoms with Crippen LogP contribution in [0.15, 0.2) is 78.0 Å². The third-order valence-electron chi connectivity index (χ3n) is 4.36. The monoisotopic (exact) mass is 365 g/mol. The molecule has 27 heavy (non-hydrogen) atoms. The van der Waals surface area contributed by atoms with Gasteiger partial charge in [0.1, 0.15) is 0 Å². The molecule has 142 valence electrons. The van der Waals surface area contributed by atoms with E-state index in [1.54, 1.807) is 11.9 Å². The summed E-state index contributed by atoms with van der Waals surface area (Å²) >= 11 is 0. The summed E-state index contributed by atoms with van der Waals surface area (Å²) < 4.78 is 0. The molecule has 0 aliphatic rings. The molecule has 0 aliphatic heterocycles. The van der Waals surface area contributed by atoms with E-state index in [-0.39, 0.29) is 6.42 Å². The average molecular weight is 365 g/mol. The number of carbonyl (C=O) groups is 1. The van der Waals surface area contributed by atoms with E-state index in [4.69, 9.17) is 10.9 Å². The maximum absolute atomic E-state index is 11.1. The molecular weight excluding hydrogens is 338 g/mol. The molecule has 0 unspecified atom stereocenters. The summed E-state index contributed by atoms with van der Waals surface area (Å²) in [5.41, 5.74) is 5.39. The van der Waals surface area contributed by atoms with Crippen LogP contribution in [0.2, 0.25) is 0 Å². The topological polar surface area (TPSA) is 78.6 Å². The Morgan fingerprint density at radius 2 is 1.70 bits per heavy atom. The highest BCUT2D eigenvalue weighted by molar-refractivity contribution is 5.71. The number of anilines is 1. The van der Waals surface area contributed by atoms with Crippen LogP contribution in [0, 0.1) is 0 Å². The third kappa shape index (κ3) is 6.31. The van der Waals surface area contributed by atoms with Crippen molar-refractivity contribution in [2.24, 2.45) is 5.84 Å². The number of carboxylic acid groups (broad SMARTS) is 1. The summed E-state index contributed by atoms with van der Waals surface area (Å²) in [5, 5.41) is 14.0. The van der Waals surface area contributed by atoms with Gasteiger partial charge in [-0.25, -0.2) is 5.84 Å². The molecule has 0 bridgehead atoms. The van der Waals surface area contributed by atoms with Crippen LogP contribution in [0.1, 0.15) is 31.4 Å². The summed E-state index contributed by atoms with van der Waals surface area (Å²) in [5.74, 6) is 5.27. The molecule has 0 fully saturated rings. The van der Waals surface area contributed by atoms with Gasteiger partial charge in [-0.3, -0.25) is 4.79 Å². The molecule has 2 aromatic rings. The zero-order chi connectivity index (χ0) is 19.8. The van der Waals surface area contributed by atoms with Crippen molar-refractivity contribution in [3.63, 3.8) is 0 Å². The first-order valence-corrected chi connectivity index (χ1v) is 8.83. The summed E-state index contributed by atoms with van der Waals surface area (Å²) in [6.07, 6.45) is -0.0861. The van der Waals surface area contributed by atoms with Gasteiger partial charge in [0.15, 0.2) is 0 Å². The normalized spacial score (nSPS) is 11.5. The summed E-state index contributed by atoms with van der Waals surface area (Å²) in [6, 6.07) is 18.3. The Kier molecular flexibility index (Phi) is 7.20. The molecule has 0 aliphatic carbocycles. The van der Waals surface area contributed by atoms with Crippen molar-refractivity contribution in [1.82, 2.24) is 5.01 Å². The Bertz CT molecular complexity index is 811. The molecule has 0 atom stereocenters. The highest BCUT2D eigenvalue weighted by Gasteiger charge is 2.12. The lowest BCUT2D eigenvalue weighted by Gasteiger charge is -2.23. The fourth-order valence-corrected chi connectivity index (χ4v) is 2.76. The Labute approximate surface area is 160 Å². The van der Waals surface area contributed by atoms with E-state index in [0.29, 0.717) is 17.7 Å². The second kappa shape index (κ2) is 9.59. The minimum atomic E-state index is -0.894. The number of hydrazine groups is 1. The number of nitrogens with zero attached hydrogens (tertiary/aromatic N) is 1. The van der Waals surface area contributed by atoms with Crippen LogP contribution < -0.4 is 11.2 Å². The second-order valence-corrected chi connectivity index (χ2v) is 6.58. The van der Waals surface area contributed by atoms with E-state index in [2.05, 4.69) is 24.0 Å². The van der Waals surface area contributed by atoms with Gasteiger partial charge in [-0.15, -0.1) is 0 Å². The van der Waals surface area contributed by atoms with Gasteiger partial charge in [-0.1, -0.05) is 54.6 Å². The largest absolute Gasteiger partial charge is 0.481 e.